The SMILES string of the molecule is CSCC[C@H](NC(=O)c1ccc([N+](=O)[O-])cc1Cl)C(=O)O[C@H]1CCCCC1=O. The number of rotatable bonds is 8. The fourth-order valence-corrected chi connectivity index (χ4v) is 3.55. The molecule has 1 amide bonds. The van der Waals surface area contributed by atoms with E-state index in [4.69, 9.17) is 16.3 Å². The number of hydrogen-bond donors (Lipinski definition) is 1. The number of esters is 1. The second kappa shape index (κ2) is 10.4. The zero-order valence-corrected chi connectivity index (χ0v) is 16.9. The molecule has 10 heteroatoms. The van der Waals surface area contributed by atoms with Gasteiger partial charge in [0, 0.05) is 18.6 Å². The van der Waals surface area contributed by atoms with Gasteiger partial charge in [0.15, 0.2) is 11.9 Å². The third kappa shape index (κ3) is 5.93. The largest absolute Gasteiger partial charge is 0.453 e. The number of amides is 1. The normalized spacial score (nSPS) is 17.6. The average Bonchev–Trinajstić information content (AvgIpc) is 2.66. The molecule has 1 saturated carbocycles. The van der Waals surface area contributed by atoms with E-state index in [1.54, 1.807) is 0 Å². The number of nitrogens with zero attached hydrogens (tertiary/aromatic N) is 1. The minimum Gasteiger partial charge on any atom is -0.453 e. The molecule has 0 aromatic heterocycles. The first-order valence-electron chi connectivity index (χ1n) is 8.80. The van der Waals surface area contributed by atoms with E-state index in [1.807, 2.05) is 6.26 Å². The molecule has 0 radical (unpaired) electrons. The molecule has 0 saturated heterocycles. The van der Waals surface area contributed by atoms with Crippen LogP contribution < -0.4 is 5.32 Å². The summed E-state index contributed by atoms with van der Waals surface area (Å²) in [6.45, 7) is 0. The van der Waals surface area contributed by atoms with E-state index in [2.05, 4.69) is 5.32 Å². The van der Waals surface area contributed by atoms with Gasteiger partial charge in [-0.3, -0.25) is 19.7 Å². The fraction of sp³-hybridized carbons (Fsp3) is 0.500. The summed E-state index contributed by atoms with van der Waals surface area (Å²) in [6.07, 6.45) is 3.89. The number of nitro benzene ring substituents is 1. The van der Waals surface area contributed by atoms with Crippen LogP contribution in [-0.2, 0) is 14.3 Å². The number of nitrogens with one attached hydrogen (secondary N) is 1. The van der Waals surface area contributed by atoms with Gasteiger partial charge in [0.1, 0.15) is 6.04 Å². The van der Waals surface area contributed by atoms with Gasteiger partial charge in [0.2, 0.25) is 0 Å². The van der Waals surface area contributed by atoms with Crippen molar-refractivity contribution in [3.63, 3.8) is 0 Å². The molecular formula is C18H21ClN2O6S. The number of carbonyl (C=O) groups is 3. The zero-order chi connectivity index (χ0) is 20.7. The minimum absolute atomic E-state index is 0.0166. The standard InChI is InChI=1S/C18H21ClN2O6S/c1-28-9-8-14(18(24)27-16-5-3-2-4-15(16)22)20-17(23)12-7-6-11(21(25)26)10-13(12)19/h6-7,10,14,16H,2-5,8-9H2,1H3,(H,20,23)/t14-,16-/m0/s1. The van der Waals surface area contributed by atoms with E-state index in [1.165, 1.54) is 17.8 Å². The van der Waals surface area contributed by atoms with Crippen molar-refractivity contribution < 1.29 is 24.0 Å². The van der Waals surface area contributed by atoms with Crippen molar-refractivity contribution in [3.8, 4) is 0 Å². The Kier molecular flexibility index (Phi) is 8.25. The number of carbonyl (C=O) groups excluding carboxylic acids is 3. The smallest absolute Gasteiger partial charge is 0.329 e. The van der Waals surface area contributed by atoms with E-state index >= 15 is 0 Å². The number of halogens is 1. The molecule has 1 fully saturated rings. The molecule has 0 heterocycles. The minimum atomic E-state index is -0.944. The van der Waals surface area contributed by atoms with Crippen LogP contribution in [0.1, 0.15) is 42.5 Å². The second-order valence-corrected chi connectivity index (χ2v) is 7.76. The Balaban J connectivity index is 2.09. The van der Waals surface area contributed by atoms with Crippen LogP contribution in [0.3, 0.4) is 0 Å². The molecule has 0 aliphatic heterocycles. The maximum atomic E-state index is 12.5. The van der Waals surface area contributed by atoms with Crippen LogP contribution in [-0.4, -0.2) is 46.7 Å². The molecule has 1 N–H and O–H groups in total. The van der Waals surface area contributed by atoms with Crippen molar-refractivity contribution in [1.29, 1.82) is 0 Å². The molecule has 1 aromatic carbocycles. The Labute approximate surface area is 171 Å². The third-order valence-corrected chi connectivity index (χ3v) is 5.32. The van der Waals surface area contributed by atoms with E-state index < -0.39 is 28.9 Å². The van der Waals surface area contributed by atoms with Crippen LogP contribution in [0.15, 0.2) is 18.2 Å². The summed E-state index contributed by atoms with van der Waals surface area (Å²) in [5.74, 6) is -0.821. The van der Waals surface area contributed by atoms with Crippen LogP contribution >= 0.6 is 23.4 Å². The lowest BCUT2D eigenvalue weighted by Crippen LogP contribution is -2.44. The topological polar surface area (TPSA) is 116 Å². The molecular weight excluding hydrogens is 408 g/mol. The summed E-state index contributed by atoms with van der Waals surface area (Å²) in [5.41, 5.74) is -0.223. The molecule has 8 nitrogen and oxygen atoms in total. The van der Waals surface area contributed by atoms with Gasteiger partial charge in [-0.2, -0.15) is 11.8 Å². The number of ketones is 1. The maximum Gasteiger partial charge on any atom is 0.329 e. The number of benzene rings is 1. The Morgan fingerprint density at radius 1 is 1.43 bits per heavy atom. The molecule has 1 aliphatic carbocycles. The highest BCUT2D eigenvalue weighted by Gasteiger charge is 2.30. The molecule has 1 aliphatic rings. The highest BCUT2D eigenvalue weighted by atomic mass is 35.5. The van der Waals surface area contributed by atoms with E-state index in [0.717, 1.165) is 25.0 Å². The van der Waals surface area contributed by atoms with Crippen molar-refractivity contribution in [2.75, 3.05) is 12.0 Å². The molecule has 28 heavy (non-hydrogen) atoms. The van der Waals surface area contributed by atoms with Gasteiger partial charge >= 0.3 is 5.97 Å². The quantitative estimate of drug-likeness (QED) is 0.384. The number of Topliss-reactive ketones (excluding diaryl/α,β-unsaturated/α-hetero) is 1. The molecule has 1 aromatic rings. The highest BCUT2D eigenvalue weighted by Crippen LogP contribution is 2.23. The first kappa shape index (κ1) is 22.2. The van der Waals surface area contributed by atoms with E-state index in [0.29, 0.717) is 25.0 Å². The lowest BCUT2D eigenvalue weighted by molar-refractivity contribution is -0.384. The summed E-state index contributed by atoms with van der Waals surface area (Å²) in [4.78, 5) is 47.1. The summed E-state index contributed by atoms with van der Waals surface area (Å²) < 4.78 is 5.35. The van der Waals surface area contributed by atoms with Gasteiger partial charge in [-0.05, 0) is 43.8 Å². The fourth-order valence-electron chi connectivity index (χ4n) is 2.82. The van der Waals surface area contributed by atoms with E-state index in [9.17, 15) is 24.5 Å². The molecule has 0 bridgehead atoms. The zero-order valence-electron chi connectivity index (χ0n) is 15.3. The van der Waals surface area contributed by atoms with Gasteiger partial charge in [0.25, 0.3) is 11.6 Å². The number of nitro groups is 1. The number of ether oxygens (including phenoxy) is 1. The summed E-state index contributed by atoms with van der Waals surface area (Å²) in [6, 6.07) is 2.53. The monoisotopic (exact) mass is 428 g/mol. The van der Waals surface area contributed by atoms with Gasteiger partial charge in [-0.15, -0.1) is 0 Å². The molecule has 2 atom stereocenters. The lowest BCUT2D eigenvalue weighted by Gasteiger charge is -2.24. The van der Waals surface area contributed by atoms with Crippen LogP contribution in [0.2, 0.25) is 5.02 Å². The third-order valence-electron chi connectivity index (χ3n) is 4.37. The predicted octanol–water partition coefficient (Wildman–Crippen LogP) is 3.15. The Hall–Kier alpha value is -2.13. The first-order chi connectivity index (χ1) is 13.3. The van der Waals surface area contributed by atoms with Crippen molar-refractivity contribution >= 4 is 46.7 Å². The molecule has 0 spiro atoms. The van der Waals surface area contributed by atoms with Crippen LogP contribution in [0.5, 0.6) is 0 Å². The van der Waals surface area contributed by atoms with Gasteiger partial charge in [-0.25, -0.2) is 4.79 Å². The Morgan fingerprint density at radius 2 is 2.18 bits per heavy atom. The van der Waals surface area contributed by atoms with Crippen LogP contribution in [0, 0.1) is 10.1 Å². The number of hydrogen-bond acceptors (Lipinski definition) is 7. The summed E-state index contributed by atoms with van der Waals surface area (Å²) in [5, 5.41) is 13.3. The first-order valence-corrected chi connectivity index (χ1v) is 10.6. The van der Waals surface area contributed by atoms with Crippen molar-refractivity contribution in [2.45, 2.75) is 44.2 Å². The van der Waals surface area contributed by atoms with Crippen molar-refractivity contribution in [3.05, 3.63) is 38.9 Å². The average molecular weight is 429 g/mol. The van der Waals surface area contributed by atoms with Crippen LogP contribution in [0.4, 0.5) is 5.69 Å². The number of non-ortho nitro benzene ring substituents is 1. The van der Waals surface area contributed by atoms with Crippen molar-refractivity contribution in [1.82, 2.24) is 5.32 Å². The second-order valence-electron chi connectivity index (χ2n) is 6.37. The van der Waals surface area contributed by atoms with E-state index in [-0.39, 0.29) is 22.1 Å². The summed E-state index contributed by atoms with van der Waals surface area (Å²) in [7, 11) is 0. The molecule has 2 rings (SSSR count). The molecule has 152 valence electrons. The van der Waals surface area contributed by atoms with Crippen molar-refractivity contribution in [2.24, 2.45) is 0 Å². The molecule has 0 unspecified atom stereocenters. The highest BCUT2D eigenvalue weighted by molar-refractivity contribution is 7.98. The Bertz CT molecular complexity index is 772. The lowest BCUT2D eigenvalue weighted by atomic mass is 9.96. The van der Waals surface area contributed by atoms with Gasteiger partial charge in [0.05, 0.1) is 15.5 Å². The van der Waals surface area contributed by atoms with Crippen LogP contribution in [0.25, 0.3) is 0 Å². The Morgan fingerprint density at radius 3 is 2.79 bits per heavy atom. The number of thioether (sulfide) groups is 1. The predicted molar refractivity (Wildman–Crippen MR) is 106 cm³/mol. The van der Waals surface area contributed by atoms with Gasteiger partial charge < -0.3 is 10.1 Å². The maximum absolute atomic E-state index is 12.5. The summed E-state index contributed by atoms with van der Waals surface area (Å²) >= 11 is 7.48. The van der Waals surface area contributed by atoms with Gasteiger partial charge in [-0.1, -0.05) is 11.6 Å².